The van der Waals surface area contributed by atoms with Gasteiger partial charge in [-0.2, -0.15) is 0 Å². The number of nitrogens with zero attached hydrogens (tertiary/aromatic N) is 1. The molecular weight excluding hydrogens is 220 g/mol. The van der Waals surface area contributed by atoms with Crippen LogP contribution in [0.4, 0.5) is 0 Å². The van der Waals surface area contributed by atoms with Crippen LogP contribution in [0.1, 0.15) is 35.8 Å². The largest absolute Gasteiger partial charge is 0.381 e. The highest BCUT2D eigenvalue weighted by atomic mass is 32.1. The Bertz CT molecular complexity index is 276. The molecule has 0 aliphatic rings. The standard InChI is InChI=1S/C12H22N2OS/c1-4-6-10-11(9-13-3)16-12(14-10)7-8-15-5-2/h13H,4-9H2,1-3H3. The van der Waals surface area contributed by atoms with Gasteiger partial charge in [-0.05, 0) is 20.4 Å². The summed E-state index contributed by atoms with van der Waals surface area (Å²) in [6.07, 6.45) is 3.19. The van der Waals surface area contributed by atoms with Gasteiger partial charge in [0.15, 0.2) is 0 Å². The Labute approximate surface area is 102 Å². The second kappa shape index (κ2) is 7.76. The van der Waals surface area contributed by atoms with Gasteiger partial charge in [0.2, 0.25) is 0 Å². The lowest BCUT2D eigenvalue weighted by atomic mass is 10.2. The Kier molecular flexibility index (Phi) is 6.61. The van der Waals surface area contributed by atoms with Gasteiger partial charge in [-0.15, -0.1) is 11.3 Å². The Balaban J connectivity index is 2.60. The van der Waals surface area contributed by atoms with Crippen LogP contribution in [0.25, 0.3) is 0 Å². The molecule has 0 fully saturated rings. The van der Waals surface area contributed by atoms with E-state index in [1.807, 2.05) is 25.3 Å². The summed E-state index contributed by atoms with van der Waals surface area (Å²) in [5.41, 5.74) is 1.27. The van der Waals surface area contributed by atoms with Crippen molar-refractivity contribution in [1.29, 1.82) is 0 Å². The molecule has 3 nitrogen and oxygen atoms in total. The van der Waals surface area contributed by atoms with Crippen LogP contribution >= 0.6 is 11.3 Å². The topological polar surface area (TPSA) is 34.1 Å². The van der Waals surface area contributed by atoms with Crippen molar-refractivity contribution in [1.82, 2.24) is 10.3 Å². The van der Waals surface area contributed by atoms with Crippen LogP contribution < -0.4 is 5.32 Å². The molecule has 0 spiro atoms. The minimum atomic E-state index is 0.786. The molecule has 1 aromatic heterocycles. The zero-order valence-corrected chi connectivity index (χ0v) is 11.3. The van der Waals surface area contributed by atoms with E-state index in [1.165, 1.54) is 15.6 Å². The zero-order chi connectivity index (χ0) is 11.8. The fourth-order valence-corrected chi connectivity index (χ4v) is 2.69. The molecule has 0 aliphatic heterocycles. The molecule has 1 heterocycles. The lowest BCUT2D eigenvalue weighted by Crippen LogP contribution is -2.05. The predicted molar refractivity (Wildman–Crippen MR) is 69.1 cm³/mol. The minimum absolute atomic E-state index is 0.786. The number of hydrogen-bond donors (Lipinski definition) is 1. The van der Waals surface area contributed by atoms with Gasteiger partial charge in [-0.25, -0.2) is 4.98 Å². The number of rotatable bonds is 8. The first-order chi connectivity index (χ1) is 7.81. The van der Waals surface area contributed by atoms with Gasteiger partial charge < -0.3 is 10.1 Å². The molecule has 0 unspecified atom stereocenters. The van der Waals surface area contributed by atoms with Crippen LogP contribution in [-0.2, 0) is 24.1 Å². The second-order valence-electron chi connectivity index (χ2n) is 3.70. The molecule has 0 aliphatic carbocycles. The molecular formula is C12H22N2OS. The number of thiazole rings is 1. The predicted octanol–water partition coefficient (Wildman–Crippen LogP) is 2.39. The van der Waals surface area contributed by atoms with Gasteiger partial charge in [-0.1, -0.05) is 13.3 Å². The van der Waals surface area contributed by atoms with Crippen molar-refractivity contribution in [3.05, 3.63) is 15.6 Å². The van der Waals surface area contributed by atoms with E-state index in [4.69, 9.17) is 4.74 Å². The highest BCUT2D eigenvalue weighted by Gasteiger charge is 2.09. The molecule has 0 amide bonds. The van der Waals surface area contributed by atoms with Gasteiger partial charge in [0.25, 0.3) is 0 Å². The van der Waals surface area contributed by atoms with Crippen molar-refractivity contribution in [3.8, 4) is 0 Å². The molecule has 1 aromatic rings. The quantitative estimate of drug-likeness (QED) is 0.711. The lowest BCUT2D eigenvalue weighted by Gasteiger charge is -1.98. The fourth-order valence-electron chi connectivity index (χ4n) is 1.58. The Hall–Kier alpha value is -0.450. The van der Waals surface area contributed by atoms with Gasteiger partial charge in [0, 0.05) is 24.4 Å². The summed E-state index contributed by atoms with van der Waals surface area (Å²) in [5, 5.41) is 4.41. The molecule has 0 radical (unpaired) electrons. The maximum absolute atomic E-state index is 5.36. The summed E-state index contributed by atoms with van der Waals surface area (Å²) in [4.78, 5) is 6.07. The first kappa shape index (κ1) is 13.6. The molecule has 0 saturated heterocycles. The van der Waals surface area contributed by atoms with Gasteiger partial charge in [0.05, 0.1) is 17.3 Å². The van der Waals surface area contributed by atoms with Crippen molar-refractivity contribution in [2.45, 2.75) is 39.7 Å². The Morgan fingerprint density at radius 1 is 1.31 bits per heavy atom. The maximum Gasteiger partial charge on any atom is 0.0954 e. The van der Waals surface area contributed by atoms with Gasteiger partial charge in [0.1, 0.15) is 0 Å². The number of aryl methyl sites for hydroxylation is 1. The van der Waals surface area contributed by atoms with E-state index in [1.54, 1.807) is 0 Å². The maximum atomic E-state index is 5.36. The normalized spacial score (nSPS) is 10.9. The number of aromatic nitrogens is 1. The first-order valence-corrected chi connectivity index (χ1v) is 6.83. The monoisotopic (exact) mass is 242 g/mol. The van der Waals surface area contributed by atoms with Crippen molar-refractivity contribution < 1.29 is 4.74 Å². The van der Waals surface area contributed by atoms with Crippen LogP contribution in [0.15, 0.2) is 0 Å². The Morgan fingerprint density at radius 3 is 2.75 bits per heavy atom. The molecule has 4 heteroatoms. The number of hydrogen-bond acceptors (Lipinski definition) is 4. The van der Waals surface area contributed by atoms with E-state index >= 15 is 0 Å². The smallest absolute Gasteiger partial charge is 0.0954 e. The summed E-state index contributed by atoms with van der Waals surface area (Å²) in [5.74, 6) is 0. The van der Waals surface area contributed by atoms with E-state index in [-0.39, 0.29) is 0 Å². The second-order valence-corrected chi connectivity index (χ2v) is 4.87. The van der Waals surface area contributed by atoms with Crippen molar-refractivity contribution in [2.24, 2.45) is 0 Å². The van der Waals surface area contributed by atoms with E-state index in [0.717, 1.165) is 39.0 Å². The summed E-state index contributed by atoms with van der Waals surface area (Å²) < 4.78 is 5.36. The molecule has 0 atom stereocenters. The SMILES string of the molecule is CCCc1nc(CCOCC)sc1CNC. The average Bonchev–Trinajstić information content (AvgIpc) is 2.63. The van der Waals surface area contributed by atoms with E-state index in [0.29, 0.717) is 0 Å². The highest BCUT2D eigenvalue weighted by Crippen LogP contribution is 2.20. The number of ether oxygens (including phenoxy) is 1. The van der Waals surface area contributed by atoms with Crippen molar-refractivity contribution >= 4 is 11.3 Å². The fraction of sp³-hybridized carbons (Fsp3) is 0.750. The molecule has 92 valence electrons. The summed E-state index contributed by atoms with van der Waals surface area (Å²) in [7, 11) is 1.98. The third-order valence-electron chi connectivity index (χ3n) is 2.31. The third kappa shape index (κ3) is 4.20. The van der Waals surface area contributed by atoms with E-state index < -0.39 is 0 Å². The summed E-state index contributed by atoms with van der Waals surface area (Å²) in [6, 6.07) is 0. The van der Waals surface area contributed by atoms with Crippen LogP contribution in [0.2, 0.25) is 0 Å². The molecule has 1 N–H and O–H groups in total. The van der Waals surface area contributed by atoms with E-state index in [9.17, 15) is 0 Å². The molecule has 0 aromatic carbocycles. The van der Waals surface area contributed by atoms with Crippen LogP contribution in [0.3, 0.4) is 0 Å². The first-order valence-electron chi connectivity index (χ1n) is 6.01. The van der Waals surface area contributed by atoms with E-state index in [2.05, 4.69) is 17.2 Å². The van der Waals surface area contributed by atoms with Crippen LogP contribution in [-0.4, -0.2) is 25.2 Å². The van der Waals surface area contributed by atoms with Crippen molar-refractivity contribution in [3.63, 3.8) is 0 Å². The molecule has 16 heavy (non-hydrogen) atoms. The van der Waals surface area contributed by atoms with Gasteiger partial charge >= 0.3 is 0 Å². The Morgan fingerprint density at radius 2 is 2.12 bits per heavy atom. The molecule has 0 saturated carbocycles. The van der Waals surface area contributed by atoms with Crippen LogP contribution in [0.5, 0.6) is 0 Å². The summed E-state index contributed by atoms with van der Waals surface area (Å²) in [6.45, 7) is 6.73. The average molecular weight is 242 g/mol. The van der Waals surface area contributed by atoms with Crippen LogP contribution in [0, 0.1) is 0 Å². The third-order valence-corrected chi connectivity index (χ3v) is 3.47. The van der Waals surface area contributed by atoms with Gasteiger partial charge in [-0.3, -0.25) is 0 Å². The lowest BCUT2D eigenvalue weighted by molar-refractivity contribution is 0.151. The van der Waals surface area contributed by atoms with Crippen molar-refractivity contribution in [2.75, 3.05) is 20.3 Å². The molecule has 1 rings (SSSR count). The highest BCUT2D eigenvalue weighted by molar-refractivity contribution is 7.11. The molecule has 0 bridgehead atoms. The summed E-state index contributed by atoms with van der Waals surface area (Å²) >= 11 is 1.82. The number of nitrogens with one attached hydrogen (secondary N) is 1. The minimum Gasteiger partial charge on any atom is -0.381 e. The zero-order valence-electron chi connectivity index (χ0n) is 10.5.